The molecule has 0 aliphatic carbocycles. The zero-order valence-electron chi connectivity index (χ0n) is 17.2. The van der Waals surface area contributed by atoms with Crippen LogP contribution in [0.3, 0.4) is 0 Å². The molecule has 0 radical (unpaired) electrons. The Balaban J connectivity index is 1.75. The smallest absolute Gasteiger partial charge is 0.274 e. The van der Waals surface area contributed by atoms with Crippen molar-refractivity contribution >= 4 is 5.91 Å². The number of benzene rings is 1. The van der Waals surface area contributed by atoms with Crippen molar-refractivity contribution < 1.29 is 9.53 Å². The van der Waals surface area contributed by atoms with E-state index in [9.17, 15) is 4.79 Å². The fourth-order valence-corrected chi connectivity index (χ4v) is 3.85. The highest BCUT2D eigenvalue weighted by atomic mass is 16.5. The van der Waals surface area contributed by atoms with Gasteiger partial charge in [-0.3, -0.25) is 9.48 Å². The molecule has 3 rings (SSSR count). The summed E-state index contributed by atoms with van der Waals surface area (Å²) in [5, 5.41) is 4.53. The maximum Gasteiger partial charge on any atom is 0.274 e. The lowest BCUT2D eigenvalue weighted by Gasteiger charge is -2.26. The highest BCUT2D eigenvalue weighted by Gasteiger charge is 2.32. The van der Waals surface area contributed by atoms with E-state index in [0.717, 1.165) is 29.8 Å². The van der Waals surface area contributed by atoms with Crippen molar-refractivity contribution in [3.05, 3.63) is 52.3 Å². The normalized spacial score (nSPS) is 19.2. The van der Waals surface area contributed by atoms with Gasteiger partial charge in [0.1, 0.15) is 0 Å². The first-order valence-electron chi connectivity index (χ1n) is 9.45. The molecule has 1 aliphatic heterocycles. The molecule has 0 spiro atoms. The molecular formula is C21H30N4O2. The van der Waals surface area contributed by atoms with Crippen LogP contribution in [-0.2, 0) is 31.3 Å². The number of carbonyl (C=O) groups excluding carboxylic acids is 1. The fraction of sp³-hybridized carbons (Fsp3) is 0.524. The van der Waals surface area contributed by atoms with Gasteiger partial charge in [0.25, 0.3) is 5.91 Å². The molecule has 1 amide bonds. The maximum atomic E-state index is 13.1. The number of ether oxygens (including phenoxy) is 1. The van der Waals surface area contributed by atoms with E-state index in [2.05, 4.69) is 48.4 Å². The summed E-state index contributed by atoms with van der Waals surface area (Å²) in [5.74, 6) is -0.0366. The molecule has 0 bridgehead atoms. The molecule has 2 heterocycles. The van der Waals surface area contributed by atoms with E-state index in [4.69, 9.17) is 4.74 Å². The van der Waals surface area contributed by atoms with Gasteiger partial charge in [0.05, 0.1) is 17.9 Å². The molecule has 2 atom stereocenters. The summed E-state index contributed by atoms with van der Waals surface area (Å²) in [4.78, 5) is 16.9. The van der Waals surface area contributed by atoms with E-state index in [1.54, 1.807) is 9.58 Å². The Kier molecular flexibility index (Phi) is 5.67. The Bertz CT molecular complexity index is 810. The maximum absolute atomic E-state index is 13.1. The van der Waals surface area contributed by atoms with Crippen LogP contribution in [0.4, 0.5) is 0 Å². The van der Waals surface area contributed by atoms with E-state index in [0.29, 0.717) is 12.2 Å². The van der Waals surface area contributed by atoms with Crippen molar-refractivity contribution in [2.45, 2.75) is 45.6 Å². The standard InChI is InChI=1S/C21H30N4O2/c1-14-11-18-19(22-25(6)20(18)15(2)27-14)21(26)24(5)13-17-9-7-16(8-10-17)12-23(3)4/h7-10,14-15H,11-13H2,1-6H3/t14-,15+/m1/s1. The van der Waals surface area contributed by atoms with Crippen LogP contribution in [0, 0.1) is 0 Å². The molecule has 6 nitrogen and oxygen atoms in total. The summed E-state index contributed by atoms with van der Waals surface area (Å²) in [6, 6.07) is 8.43. The molecule has 0 fully saturated rings. The Morgan fingerprint density at radius 1 is 1.15 bits per heavy atom. The number of carbonyl (C=O) groups is 1. The van der Waals surface area contributed by atoms with Crippen LogP contribution in [0.15, 0.2) is 24.3 Å². The lowest BCUT2D eigenvalue weighted by atomic mass is 9.99. The lowest BCUT2D eigenvalue weighted by Crippen LogP contribution is -2.29. The molecule has 146 valence electrons. The van der Waals surface area contributed by atoms with Gasteiger partial charge in [0.15, 0.2) is 5.69 Å². The van der Waals surface area contributed by atoms with Gasteiger partial charge in [0, 0.05) is 39.2 Å². The van der Waals surface area contributed by atoms with Gasteiger partial charge in [-0.2, -0.15) is 5.10 Å². The molecule has 6 heteroatoms. The first-order chi connectivity index (χ1) is 12.8. The number of hydrogen-bond acceptors (Lipinski definition) is 4. The SMILES string of the molecule is C[C@@H]1Cc2c(C(=O)N(C)Cc3ccc(CN(C)C)cc3)nn(C)c2[C@H](C)O1. The predicted octanol–water partition coefficient (Wildman–Crippen LogP) is 2.78. The molecule has 0 saturated carbocycles. The van der Waals surface area contributed by atoms with E-state index in [-0.39, 0.29) is 18.1 Å². The zero-order valence-corrected chi connectivity index (χ0v) is 17.2. The second-order valence-electron chi connectivity index (χ2n) is 7.84. The molecule has 0 N–H and O–H groups in total. The number of hydrogen-bond donors (Lipinski definition) is 0. The van der Waals surface area contributed by atoms with Crippen LogP contribution in [0.1, 0.15) is 52.8 Å². The average molecular weight is 370 g/mol. The van der Waals surface area contributed by atoms with Gasteiger partial charge < -0.3 is 14.5 Å². The minimum absolute atomic E-state index is 0.0366. The summed E-state index contributed by atoms with van der Waals surface area (Å²) < 4.78 is 7.69. The fourth-order valence-electron chi connectivity index (χ4n) is 3.85. The first-order valence-corrected chi connectivity index (χ1v) is 9.45. The minimum Gasteiger partial charge on any atom is -0.369 e. The Morgan fingerprint density at radius 2 is 1.74 bits per heavy atom. The van der Waals surface area contributed by atoms with Gasteiger partial charge in [0.2, 0.25) is 0 Å². The second-order valence-corrected chi connectivity index (χ2v) is 7.84. The van der Waals surface area contributed by atoms with Crippen LogP contribution >= 0.6 is 0 Å². The Morgan fingerprint density at radius 3 is 2.33 bits per heavy atom. The van der Waals surface area contributed by atoms with Gasteiger partial charge in [-0.25, -0.2) is 0 Å². The highest BCUT2D eigenvalue weighted by Crippen LogP contribution is 2.32. The molecule has 0 saturated heterocycles. The number of aromatic nitrogens is 2. The quantitative estimate of drug-likeness (QED) is 0.812. The molecule has 0 unspecified atom stereocenters. The van der Waals surface area contributed by atoms with Crippen LogP contribution in [0.25, 0.3) is 0 Å². The van der Waals surface area contributed by atoms with Crippen LogP contribution in [-0.4, -0.2) is 52.7 Å². The summed E-state index contributed by atoms with van der Waals surface area (Å²) in [6.45, 7) is 5.53. The monoisotopic (exact) mass is 370 g/mol. The highest BCUT2D eigenvalue weighted by molar-refractivity contribution is 5.94. The summed E-state index contributed by atoms with van der Waals surface area (Å²) in [7, 11) is 7.83. The minimum atomic E-state index is -0.0441. The van der Waals surface area contributed by atoms with E-state index < -0.39 is 0 Å². The number of nitrogens with zero attached hydrogens (tertiary/aromatic N) is 4. The lowest BCUT2D eigenvalue weighted by molar-refractivity contribution is -0.00906. The van der Waals surface area contributed by atoms with Gasteiger partial charge in [-0.1, -0.05) is 24.3 Å². The van der Waals surface area contributed by atoms with Crippen LogP contribution < -0.4 is 0 Å². The van der Waals surface area contributed by atoms with Crippen LogP contribution in [0.5, 0.6) is 0 Å². The van der Waals surface area contributed by atoms with E-state index in [1.165, 1.54) is 5.56 Å². The number of rotatable bonds is 5. The van der Waals surface area contributed by atoms with Crippen molar-refractivity contribution in [1.82, 2.24) is 19.6 Å². The van der Waals surface area contributed by atoms with Gasteiger partial charge in [-0.05, 0) is 39.1 Å². The summed E-state index contributed by atoms with van der Waals surface area (Å²) >= 11 is 0. The molecule has 1 aliphatic rings. The molecular weight excluding hydrogens is 340 g/mol. The van der Waals surface area contributed by atoms with Crippen LogP contribution in [0.2, 0.25) is 0 Å². The predicted molar refractivity (Wildman–Crippen MR) is 106 cm³/mol. The van der Waals surface area contributed by atoms with Crippen molar-refractivity contribution in [3.8, 4) is 0 Å². The van der Waals surface area contributed by atoms with Crippen molar-refractivity contribution in [2.75, 3.05) is 21.1 Å². The molecule has 27 heavy (non-hydrogen) atoms. The number of amides is 1. The molecule has 2 aromatic rings. The van der Waals surface area contributed by atoms with E-state index in [1.807, 2.05) is 27.9 Å². The number of aryl methyl sites for hydroxylation is 1. The third-order valence-corrected chi connectivity index (χ3v) is 5.00. The Labute approximate surface area is 161 Å². The van der Waals surface area contributed by atoms with Gasteiger partial charge >= 0.3 is 0 Å². The summed E-state index contributed by atoms with van der Waals surface area (Å²) in [6.07, 6.45) is 0.775. The third-order valence-electron chi connectivity index (χ3n) is 5.00. The topological polar surface area (TPSA) is 50.6 Å². The van der Waals surface area contributed by atoms with Crippen molar-refractivity contribution in [1.29, 1.82) is 0 Å². The van der Waals surface area contributed by atoms with Gasteiger partial charge in [-0.15, -0.1) is 0 Å². The van der Waals surface area contributed by atoms with E-state index >= 15 is 0 Å². The number of fused-ring (bicyclic) bond motifs is 1. The second kappa shape index (κ2) is 7.82. The Hall–Kier alpha value is -2.18. The largest absolute Gasteiger partial charge is 0.369 e. The first kappa shape index (κ1) is 19.6. The molecule has 1 aromatic carbocycles. The van der Waals surface area contributed by atoms with Crippen molar-refractivity contribution in [3.63, 3.8) is 0 Å². The summed E-state index contributed by atoms with van der Waals surface area (Å²) in [5.41, 5.74) is 4.98. The average Bonchev–Trinajstić information content (AvgIpc) is 2.92. The third kappa shape index (κ3) is 4.22. The molecule has 1 aromatic heterocycles. The van der Waals surface area contributed by atoms with Crippen molar-refractivity contribution in [2.24, 2.45) is 7.05 Å². The zero-order chi connectivity index (χ0) is 19.7.